The Kier molecular flexibility index (Phi) is 7.72. The van der Waals surface area contributed by atoms with Gasteiger partial charge in [-0.1, -0.05) is 35.1 Å². The number of carbonyl (C=O) groups is 1. The van der Waals surface area contributed by atoms with Crippen molar-refractivity contribution < 1.29 is 14.3 Å². The van der Waals surface area contributed by atoms with E-state index in [2.05, 4.69) is 22.0 Å². The van der Waals surface area contributed by atoms with Crippen LogP contribution in [0, 0.1) is 0 Å². The smallest absolute Gasteiger partial charge is 0.338 e. The average Bonchev–Trinajstić information content (AvgIpc) is 3.23. The minimum atomic E-state index is -0.789. The number of aromatic nitrogens is 1. The van der Waals surface area contributed by atoms with Gasteiger partial charge < -0.3 is 14.4 Å². The molecule has 7 nitrogen and oxygen atoms in total. The molecular weight excluding hydrogens is 522 g/mol. The topological polar surface area (TPSA) is 73.1 Å². The molecular formula is C29H30ClN3O4S. The van der Waals surface area contributed by atoms with Crippen LogP contribution >= 0.6 is 22.9 Å². The third kappa shape index (κ3) is 5.02. The van der Waals surface area contributed by atoms with Crippen LogP contribution < -0.4 is 24.5 Å². The maximum Gasteiger partial charge on any atom is 0.338 e. The normalized spacial score (nSPS) is 17.7. The Hall–Kier alpha value is -3.36. The third-order valence-corrected chi connectivity index (χ3v) is 8.13. The molecule has 0 bridgehead atoms. The summed E-state index contributed by atoms with van der Waals surface area (Å²) in [5.41, 5.74) is 3.26. The first-order chi connectivity index (χ1) is 18.4. The first-order valence-corrected chi connectivity index (χ1v) is 14.0. The zero-order chi connectivity index (χ0) is 26.8. The zero-order valence-corrected chi connectivity index (χ0v) is 23.3. The highest BCUT2D eigenvalue weighted by Crippen LogP contribution is 2.37. The molecule has 1 fully saturated rings. The van der Waals surface area contributed by atoms with E-state index in [0.29, 0.717) is 31.4 Å². The van der Waals surface area contributed by atoms with Crippen LogP contribution in [0.25, 0.3) is 6.08 Å². The van der Waals surface area contributed by atoms with Crippen molar-refractivity contribution in [2.24, 2.45) is 4.99 Å². The highest BCUT2D eigenvalue weighted by molar-refractivity contribution is 7.07. The molecule has 5 rings (SSSR count). The van der Waals surface area contributed by atoms with Gasteiger partial charge in [0.05, 0.1) is 29.5 Å². The van der Waals surface area contributed by atoms with Crippen LogP contribution in [0.1, 0.15) is 50.3 Å². The predicted molar refractivity (Wildman–Crippen MR) is 151 cm³/mol. The first kappa shape index (κ1) is 26.3. The number of fused-ring (bicyclic) bond motifs is 1. The molecule has 2 aliphatic heterocycles. The summed E-state index contributed by atoms with van der Waals surface area (Å²) in [6.07, 6.45) is 5.59. The number of methoxy groups -OCH3 is 1. The molecule has 3 heterocycles. The van der Waals surface area contributed by atoms with Crippen LogP contribution in [0.2, 0.25) is 5.02 Å². The van der Waals surface area contributed by atoms with Gasteiger partial charge in [0.25, 0.3) is 5.56 Å². The summed E-state index contributed by atoms with van der Waals surface area (Å²) >= 11 is 7.65. The maximum absolute atomic E-state index is 13.9. The van der Waals surface area contributed by atoms with Gasteiger partial charge in [0, 0.05) is 29.4 Å². The van der Waals surface area contributed by atoms with Gasteiger partial charge in [-0.05, 0) is 75.1 Å². The molecule has 1 atom stereocenters. The van der Waals surface area contributed by atoms with Gasteiger partial charge in [0.15, 0.2) is 4.80 Å². The molecule has 38 heavy (non-hydrogen) atoms. The molecule has 0 aliphatic carbocycles. The van der Waals surface area contributed by atoms with E-state index in [9.17, 15) is 9.59 Å². The van der Waals surface area contributed by atoms with Gasteiger partial charge in [0.1, 0.15) is 11.8 Å². The monoisotopic (exact) mass is 551 g/mol. The molecule has 0 N–H and O–H groups in total. The molecule has 3 aromatic rings. The summed E-state index contributed by atoms with van der Waals surface area (Å²) in [6.45, 7) is 5.86. The second-order valence-corrected chi connectivity index (χ2v) is 10.8. The van der Waals surface area contributed by atoms with Crippen LogP contribution in [0.3, 0.4) is 0 Å². The molecule has 1 saturated heterocycles. The molecule has 198 valence electrons. The summed E-state index contributed by atoms with van der Waals surface area (Å²) in [5.74, 6) is -0.0119. The van der Waals surface area contributed by atoms with Crippen LogP contribution in [-0.2, 0) is 9.53 Å². The van der Waals surface area contributed by atoms with Gasteiger partial charge in [-0.2, -0.15) is 0 Å². The Morgan fingerprint density at radius 3 is 2.58 bits per heavy atom. The highest BCUT2D eigenvalue weighted by atomic mass is 35.5. The highest BCUT2D eigenvalue weighted by Gasteiger charge is 2.35. The number of hydrogen-bond acceptors (Lipinski definition) is 7. The van der Waals surface area contributed by atoms with Crippen LogP contribution in [0.4, 0.5) is 5.69 Å². The molecule has 9 heteroatoms. The number of piperidine rings is 1. The Balaban J connectivity index is 1.63. The van der Waals surface area contributed by atoms with Crippen molar-refractivity contribution >= 4 is 40.7 Å². The van der Waals surface area contributed by atoms with Crippen molar-refractivity contribution in [1.82, 2.24) is 4.57 Å². The predicted octanol–water partition coefficient (Wildman–Crippen LogP) is 4.45. The lowest BCUT2D eigenvalue weighted by Gasteiger charge is -2.28. The zero-order valence-electron chi connectivity index (χ0n) is 21.7. The fourth-order valence-corrected chi connectivity index (χ4v) is 6.32. The number of thiazole rings is 1. The lowest BCUT2D eigenvalue weighted by atomic mass is 9.95. The Morgan fingerprint density at radius 2 is 1.89 bits per heavy atom. The second-order valence-electron chi connectivity index (χ2n) is 9.33. The van der Waals surface area contributed by atoms with E-state index in [-0.39, 0.29) is 17.7 Å². The van der Waals surface area contributed by atoms with Crippen molar-refractivity contribution in [3.8, 4) is 5.75 Å². The number of allylic oxidation sites excluding steroid dienone is 1. The minimum Gasteiger partial charge on any atom is -0.496 e. The van der Waals surface area contributed by atoms with Gasteiger partial charge in [0.2, 0.25) is 0 Å². The number of nitrogens with zero attached hydrogens (tertiary/aromatic N) is 3. The van der Waals surface area contributed by atoms with Gasteiger partial charge in [-0.25, -0.2) is 9.79 Å². The van der Waals surface area contributed by atoms with Crippen molar-refractivity contribution in [2.75, 3.05) is 31.7 Å². The molecule has 0 radical (unpaired) electrons. The van der Waals surface area contributed by atoms with E-state index in [1.54, 1.807) is 43.7 Å². The number of rotatable bonds is 6. The van der Waals surface area contributed by atoms with Crippen molar-refractivity contribution in [3.63, 3.8) is 0 Å². The fourth-order valence-electron chi connectivity index (χ4n) is 5.09. The molecule has 0 unspecified atom stereocenters. The van der Waals surface area contributed by atoms with Crippen LogP contribution in [0.15, 0.2) is 63.5 Å². The van der Waals surface area contributed by atoms with Gasteiger partial charge >= 0.3 is 5.97 Å². The van der Waals surface area contributed by atoms with Crippen molar-refractivity contribution in [2.45, 2.75) is 39.2 Å². The number of anilines is 1. The van der Waals surface area contributed by atoms with E-state index in [0.717, 1.165) is 18.7 Å². The molecule has 0 amide bonds. The lowest BCUT2D eigenvalue weighted by Crippen LogP contribution is -2.40. The second kappa shape index (κ2) is 11.2. The third-order valence-electron chi connectivity index (χ3n) is 6.92. The molecule has 1 aromatic heterocycles. The van der Waals surface area contributed by atoms with E-state index < -0.39 is 12.0 Å². The van der Waals surface area contributed by atoms with Crippen LogP contribution in [-0.4, -0.2) is 37.3 Å². The average molecular weight is 552 g/mol. The largest absolute Gasteiger partial charge is 0.496 e. The van der Waals surface area contributed by atoms with E-state index in [4.69, 9.17) is 21.1 Å². The number of esters is 1. The SMILES string of the molecule is CCOC(=O)C1=C(C)N=c2s/c(=C\c3ccc(N4CCCCC4)cc3)c(=O)n2[C@H]1c1cc(Cl)ccc1OC. The quantitative estimate of drug-likeness (QED) is 0.423. The maximum atomic E-state index is 13.9. The summed E-state index contributed by atoms with van der Waals surface area (Å²) in [4.78, 5) is 34.5. The van der Waals surface area contributed by atoms with E-state index in [1.165, 1.54) is 36.3 Å². The fraction of sp³-hybridized carbons (Fsp3) is 0.345. The summed E-state index contributed by atoms with van der Waals surface area (Å²) in [6, 6.07) is 12.7. The standard InChI is InChI=1S/C29H30ClN3O4S/c1-4-37-28(35)25-18(2)31-29-33(26(25)22-17-20(30)10-13-23(22)36-3)27(34)24(38-29)16-19-8-11-21(12-9-19)32-14-6-5-7-15-32/h8-13,16-17,26H,4-7,14-15H2,1-3H3/b24-16-/t26-/m0/s1. The van der Waals surface area contributed by atoms with Crippen molar-refractivity contribution in [3.05, 3.63) is 89.6 Å². The summed E-state index contributed by atoms with van der Waals surface area (Å²) in [5, 5.41) is 0.467. The number of halogens is 1. The Morgan fingerprint density at radius 1 is 1.16 bits per heavy atom. The Labute approximate surface area is 230 Å². The number of ether oxygens (including phenoxy) is 2. The van der Waals surface area contributed by atoms with Crippen LogP contribution in [0.5, 0.6) is 5.75 Å². The molecule has 2 aromatic carbocycles. The lowest BCUT2D eigenvalue weighted by molar-refractivity contribution is -0.139. The first-order valence-electron chi connectivity index (χ1n) is 12.8. The van der Waals surface area contributed by atoms with E-state index >= 15 is 0 Å². The van der Waals surface area contributed by atoms with Gasteiger partial charge in [-0.3, -0.25) is 9.36 Å². The van der Waals surface area contributed by atoms with E-state index in [1.807, 2.05) is 18.2 Å². The minimum absolute atomic E-state index is 0.201. The van der Waals surface area contributed by atoms with Gasteiger partial charge in [-0.15, -0.1) is 0 Å². The number of hydrogen-bond donors (Lipinski definition) is 0. The number of carbonyl (C=O) groups excluding carboxylic acids is 1. The van der Waals surface area contributed by atoms with Crippen molar-refractivity contribution in [1.29, 1.82) is 0 Å². The Bertz CT molecular complexity index is 1570. The molecule has 0 saturated carbocycles. The summed E-state index contributed by atoms with van der Waals surface area (Å²) < 4.78 is 13.1. The summed E-state index contributed by atoms with van der Waals surface area (Å²) in [7, 11) is 1.55. The molecule has 0 spiro atoms. The molecule has 2 aliphatic rings. The number of benzene rings is 2.